The lowest BCUT2D eigenvalue weighted by Crippen LogP contribution is -2.48. The van der Waals surface area contributed by atoms with Gasteiger partial charge in [-0.1, -0.05) is 29.8 Å². The lowest BCUT2D eigenvalue weighted by Gasteiger charge is -2.36. The van der Waals surface area contributed by atoms with Crippen LogP contribution >= 0.6 is 0 Å². The SMILES string of the molecule is Cc1ccc(C2=C(N3CCN(CCO)CC3)C(=O)N(c3ccc(C#N)cc3)C2=O)cc1. The number of anilines is 1. The van der Waals surface area contributed by atoms with E-state index in [9.17, 15) is 14.7 Å². The summed E-state index contributed by atoms with van der Waals surface area (Å²) in [6, 6.07) is 16.1. The van der Waals surface area contributed by atoms with Crippen LogP contribution in [0.1, 0.15) is 16.7 Å². The van der Waals surface area contributed by atoms with Gasteiger partial charge < -0.3 is 10.0 Å². The Morgan fingerprint density at radius 2 is 1.58 bits per heavy atom. The molecule has 0 aliphatic carbocycles. The van der Waals surface area contributed by atoms with Gasteiger partial charge in [0.1, 0.15) is 5.70 Å². The summed E-state index contributed by atoms with van der Waals surface area (Å²) in [4.78, 5) is 32.3. The molecule has 1 fully saturated rings. The molecule has 31 heavy (non-hydrogen) atoms. The molecule has 0 saturated carbocycles. The fourth-order valence-electron chi connectivity index (χ4n) is 4.05. The molecule has 4 rings (SSSR count). The largest absolute Gasteiger partial charge is 0.395 e. The summed E-state index contributed by atoms with van der Waals surface area (Å²) >= 11 is 0. The second-order valence-electron chi connectivity index (χ2n) is 7.75. The van der Waals surface area contributed by atoms with Crippen LogP contribution in [0.4, 0.5) is 5.69 Å². The molecule has 0 aromatic heterocycles. The van der Waals surface area contributed by atoms with E-state index in [4.69, 9.17) is 5.26 Å². The van der Waals surface area contributed by atoms with Gasteiger partial charge in [-0.25, -0.2) is 4.90 Å². The van der Waals surface area contributed by atoms with Crippen LogP contribution in [0, 0.1) is 18.3 Å². The van der Waals surface area contributed by atoms with Crippen molar-refractivity contribution in [3.63, 3.8) is 0 Å². The smallest absolute Gasteiger partial charge is 0.282 e. The molecule has 0 spiro atoms. The fraction of sp³-hybridized carbons (Fsp3) is 0.292. The van der Waals surface area contributed by atoms with Crippen molar-refractivity contribution in [2.45, 2.75) is 6.92 Å². The maximum atomic E-state index is 13.5. The van der Waals surface area contributed by atoms with Gasteiger partial charge in [0.25, 0.3) is 11.8 Å². The van der Waals surface area contributed by atoms with Crippen LogP contribution < -0.4 is 4.90 Å². The van der Waals surface area contributed by atoms with E-state index in [1.165, 1.54) is 4.90 Å². The third kappa shape index (κ3) is 3.96. The molecule has 2 aliphatic rings. The number of β-amino-alcohol motifs (C(OH)–C–C–N with tert-alkyl or cyclic N) is 1. The molecule has 2 aromatic rings. The summed E-state index contributed by atoms with van der Waals surface area (Å²) in [6.07, 6.45) is 0. The number of carbonyl (C=O) groups is 2. The predicted molar refractivity (Wildman–Crippen MR) is 117 cm³/mol. The highest BCUT2D eigenvalue weighted by atomic mass is 16.3. The standard InChI is InChI=1S/C24H24N4O3/c1-17-2-6-19(7-3-17)21-22(27-12-10-26(11-13-27)14-15-29)24(31)28(23(21)30)20-8-4-18(16-25)5-9-20/h2-9,29H,10-15H2,1H3. The Morgan fingerprint density at radius 3 is 2.16 bits per heavy atom. The van der Waals surface area contributed by atoms with E-state index in [-0.39, 0.29) is 18.4 Å². The lowest BCUT2D eigenvalue weighted by atomic mass is 10.0. The first-order chi connectivity index (χ1) is 15.0. The molecule has 0 bridgehead atoms. The minimum Gasteiger partial charge on any atom is -0.395 e. The molecule has 1 saturated heterocycles. The average Bonchev–Trinajstić information content (AvgIpc) is 3.05. The van der Waals surface area contributed by atoms with Crippen LogP contribution in [-0.4, -0.2) is 66.1 Å². The molecule has 7 nitrogen and oxygen atoms in total. The van der Waals surface area contributed by atoms with Crippen molar-refractivity contribution in [2.24, 2.45) is 0 Å². The maximum absolute atomic E-state index is 13.5. The molecule has 2 amide bonds. The molecule has 0 atom stereocenters. The number of hydrogen-bond donors (Lipinski definition) is 1. The summed E-state index contributed by atoms with van der Waals surface area (Å²) in [5.74, 6) is -0.702. The molecule has 158 valence electrons. The zero-order valence-electron chi connectivity index (χ0n) is 17.4. The monoisotopic (exact) mass is 416 g/mol. The second kappa shape index (κ2) is 8.72. The number of benzene rings is 2. The van der Waals surface area contributed by atoms with E-state index in [0.29, 0.717) is 60.8 Å². The van der Waals surface area contributed by atoms with Crippen LogP contribution in [0.25, 0.3) is 5.57 Å². The normalized spacial score (nSPS) is 17.5. The van der Waals surface area contributed by atoms with E-state index in [2.05, 4.69) is 11.0 Å². The lowest BCUT2D eigenvalue weighted by molar-refractivity contribution is -0.120. The first-order valence-electron chi connectivity index (χ1n) is 10.3. The first-order valence-corrected chi connectivity index (χ1v) is 10.3. The first kappa shape index (κ1) is 20.8. The molecule has 0 radical (unpaired) electrons. The van der Waals surface area contributed by atoms with Crippen LogP contribution in [0.3, 0.4) is 0 Å². The number of rotatable bonds is 5. The zero-order chi connectivity index (χ0) is 22.0. The van der Waals surface area contributed by atoms with Crippen molar-refractivity contribution in [1.29, 1.82) is 5.26 Å². The Hall–Kier alpha value is -3.47. The number of amides is 2. The average molecular weight is 416 g/mol. The van der Waals surface area contributed by atoms with E-state index in [1.54, 1.807) is 24.3 Å². The topological polar surface area (TPSA) is 87.9 Å². The Kier molecular flexibility index (Phi) is 5.85. The molecular formula is C24H24N4O3. The number of imide groups is 1. The fourth-order valence-corrected chi connectivity index (χ4v) is 4.05. The van der Waals surface area contributed by atoms with Crippen LogP contribution in [0.2, 0.25) is 0 Å². The van der Waals surface area contributed by atoms with Gasteiger partial charge in [-0.15, -0.1) is 0 Å². The Labute approximate surface area is 181 Å². The maximum Gasteiger partial charge on any atom is 0.282 e. The zero-order valence-corrected chi connectivity index (χ0v) is 17.4. The molecular weight excluding hydrogens is 392 g/mol. The van der Waals surface area contributed by atoms with Crippen LogP contribution in [0.15, 0.2) is 54.2 Å². The molecule has 1 N–H and O–H groups in total. The van der Waals surface area contributed by atoms with E-state index >= 15 is 0 Å². The van der Waals surface area contributed by atoms with Gasteiger partial charge >= 0.3 is 0 Å². The highest BCUT2D eigenvalue weighted by molar-refractivity contribution is 6.45. The van der Waals surface area contributed by atoms with Gasteiger partial charge in [0.15, 0.2) is 0 Å². The molecule has 0 unspecified atom stereocenters. The Morgan fingerprint density at radius 1 is 0.935 bits per heavy atom. The number of aliphatic hydroxyl groups is 1. The minimum absolute atomic E-state index is 0.0984. The highest BCUT2D eigenvalue weighted by Gasteiger charge is 2.43. The van der Waals surface area contributed by atoms with Gasteiger partial charge in [-0.05, 0) is 36.8 Å². The highest BCUT2D eigenvalue weighted by Crippen LogP contribution is 2.35. The van der Waals surface area contributed by atoms with Crippen molar-refractivity contribution < 1.29 is 14.7 Å². The number of carbonyl (C=O) groups excluding carboxylic acids is 2. The number of nitriles is 1. The Balaban J connectivity index is 1.72. The van der Waals surface area contributed by atoms with Gasteiger partial charge in [-0.2, -0.15) is 5.26 Å². The minimum atomic E-state index is -0.355. The summed E-state index contributed by atoms with van der Waals surface area (Å²) < 4.78 is 0. The van der Waals surface area contributed by atoms with Gasteiger partial charge in [0.05, 0.1) is 29.5 Å². The van der Waals surface area contributed by atoms with Crippen molar-refractivity contribution in [3.05, 3.63) is 70.9 Å². The number of aliphatic hydroxyl groups excluding tert-OH is 1. The van der Waals surface area contributed by atoms with Crippen molar-refractivity contribution >= 4 is 23.1 Å². The van der Waals surface area contributed by atoms with E-state index in [1.807, 2.05) is 36.1 Å². The third-order valence-electron chi connectivity index (χ3n) is 5.76. The number of nitrogens with zero attached hydrogens (tertiary/aromatic N) is 4. The summed E-state index contributed by atoms with van der Waals surface area (Å²) in [7, 11) is 0. The second-order valence-corrected chi connectivity index (χ2v) is 7.75. The van der Waals surface area contributed by atoms with Crippen molar-refractivity contribution in [1.82, 2.24) is 9.80 Å². The number of piperazine rings is 1. The van der Waals surface area contributed by atoms with E-state index < -0.39 is 0 Å². The number of hydrogen-bond acceptors (Lipinski definition) is 6. The van der Waals surface area contributed by atoms with E-state index in [0.717, 1.165) is 5.56 Å². The summed E-state index contributed by atoms with van der Waals surface area (Å²) in [5, 5.41) is 18.2. The summed E-state index contributed by atoms with van der Waals surface area (Å²) in [5.41, 5.74) is 3.53. The predicted octanol–water partition coefficient (Wildman–Crippen LogP) is 1.76. The van der Waals surface area contributed by atoms with Crippen molar-refractivity contribution in [3.8, 4) is 6.07 Å². The van der Waals surface area contributed by atoms with Gasteiger partial charge in [0, 0.05) is 32.7 Å². The summed E-state index contributed by atoms with van der Waals surface area (Å²) in [6.45, 7) is 5.30. The number of aryl methyl sites for hydroxylation is 1. The molecule has 7 heteroatoms. The van der Waals surface area contributed by atoms with Gasteiger partial charge in [-0.3, -0.25) is 14.5 Å². The molecule has 2 aliphatic heterocycles. The van der Waals surface area contributed by atoms with Gasteiger partial charge in [0.2, 0.25) is 0 Å². The molecule has 2 heterocycles. The van der Waals surface area contributed by atoms with Crippen LogP contribution in [0.5, 0.6) is 0 Å². The Bertz CT molecular complexity index is 1060. The quantitative estimate of drug-likeness (QED) is 0.748. The van der Waals surface area contributed by atoms with Crippen molar-refractivity contribution in [2.75, 3.05) is 44.2 Å². The molecule has 2 aromatic carbocycles. The third-order valence-corrected chi connectivity index (χ3v) is 5.76. The van der Waals surface area contributed by atoms with Crippen LogP contribution in [-0.2, 0) is 9.59 Å².